The molecule has 0 heterocycles. The summed E-state index contributed by atoms with van der Waals surface area (Å²) < 4.78 is 11.4. The van der Waals surface area contributed by atoms with Gasteiger partial charge in [0.05, 0.1) is 25.0 Å². The number of aliphatic hydroxyl groups excluding tert-OH is 1. The number of hydrogen-bond acceptors (Lipinski definition) is 6. The predicted octanol–water partition coefficient (Wildman–Crippen LogP) is 13.2. The molecule has 52 heavy (non-hydrogen) atoms. The molecular weight excluding hydrogens is 647 g/mol. The van der Waals surface area contributed by atoms with Crippen LogP contribution in [-0.2, 0) is 19.1 Å². The fraction of sp³-hybridized carbons (Fsp3) is 0.957. The average Bonchev–Trinajstić information content (AvgIpc) is 3.15. The van der Waals surface area contributed by atoms with Gasteiger partial charge in [0.15, 0.2) is 0 Å². The molecule has 0 aliphatic heterocycles. The first-order chi connectivity index (χ1) is 25.5. The summed E-state index contributed by atoms with van der Waals surface area (Å²) in [5.74, 6) is 0.330. The van der Waals surface area contributed by atoms with Gasteiger partial charge in [-0.05, 0) is 70.9 Å². The first-order valence-corrected chi connectivity index (χ1v) is 23.2. The van der Waals surface area contributed by atoms with Gasteiger partial charge in [-0.1, -0.05) is 175 Å². The molecule has 0 amide bonds. The summed E-state index contributed by atoms with van der Waals surface area (Å²) in [6.07, 6.45) is 37.4. The van der Waals surface area contributed by atoms with Crippen LogP contribution in [-0.4, -0.2) is 61.4 Å². The van der Waals surface area contributed by atoms with E-state index in [1.807, 2.05) is 0 Å². The molecule has 0 aromatic rings. The molecule has 0 rings (SSSR count). The third-order valence-electron chi connectivity index (χ3n) is 10.9. The van der Waals surface area contributed by atoms with Gasteiger partial charge in [-0.25, -0.2) is 0 Å². The fourth-order valence-corrected chi connectivity index (χ4v) is 7.33. The largest absolute Gasteiger partial charge is 0.465 e. The number of ether oxygens (including phenoxy) is 2. The molecule has 6 heteroatoms. The highest BCUT2D eigenvalue weighted by atomic mass is 16.5. The number of nitrogens with zero attached hydrogens (tertiary/aromatic N) is 1. The molecule has 6 nitrogen and oxygen atoms in total. The van der Waals surface area contributed by atoms with Crippen LogP contribution in [0.1, 0.15) is 233 Å². The Labute approximate surface area is 324 Å². The van der Waals surface area contributed by atoms with E-state index in [4.69, 9.17) is 9.47 Å². The molecule has 2 unspecified atom stereocenters. The summed E-state index contributed by atoms with van der Waals surface area (Å²) in [6, 6.07) is 0. The highest BCUT2D eigenvalue weighted by Crippen LogP contribution is 2.21. The minimum absolute atomic E-state index is 0.0532. The quantitative estimate of drug-likeness (QED) is 0.0496. The lowest BCUT2D eigenvalue weighted by Crippen LogP contribution is -2.27. The monoisotopic (exact) mass is 738 g/mol. The van der Waals surface area contributed by atoms with E-state index in [0.29, 0.717) is 13.2 Å². The molecule has 0 bridgehead atoms. The summed E-state index contributed by atoms with van der Waals surface area (Å²) in [5, 5.41) is 9.39. The lowest BCUT2D eigenvalue weighted by atomic mass is 9.95. The van der Waals surface area contributed by atoms with Crippen LogP contribution in [0.5, 0.6) is 0 Å². The smallest absolute Gasteiger partial charge is 0.308 e. The van der Waals surface area contributed by atoms with Crippen LogP contribution >= 0.6 is 0 Å². The second-order valence-corrected chi connectivity index (χ2v) is 15.9. The van der Waals surface area contributed by atoms with Crippen molar-refractivity contribution < 1.29 is 24.2 Å². The summed E-state index contributed by atoms with van der Waals surface area (Å²) >= 11 is 0. The Morgan fingerprint density at radius 2 is 0.712 bits per heavy atom. The summed E-state index contributed by atoms with van der Waals surface area (Å²) in [4.78, 5) is 27.8. The van der Waals surface area contributed by atoms with Gasteiger partial charge in [0, 0.05) is 13.2 Å². The SMILES string of the molecule is CCCCCCC(CCCC)C(=O)OCCCCCCCCCCN(CCCO)CCCCCCCCCOC(=O)C(CCCC)CCCCCC. The third-order valence-corrected chi connectivity index (χ3v) is 10.9. The number of esters is 2. The van der Waals surface area contributed by atoms with Crippen molar-refractivity contribution in [2.75, 3.05) is 39.5 Å². The normalized spacial score (nSPS) is 12.7. The molecule has 2 atom stereocenters. The molecule has 0 fully saturated rings. The van der Waals surface area contributed by atoms with Crippen molar-refractivity contribution in [1.82, 2.24) is 4.90 Å². The molecule has 0 aliphatic carbocycles. The van der Waals surface area contributed by atoms with Crippen molar-refractivity contribution in [1.29, 1.82) is 0 Å². The van der Waals surface area contributed by atoms with Crippen molar-refractivity contribution in [3.05, 3.63) is 0 Å². The Bertz CT molecular complexity index is 746. The standard InChI is InChI=1S/C46H91NO5/c1-5-9-13-26-35-43(33-11-7-3)45(49)51-41-30-24-20-16-15-18-22-28-37-47(39-32-40-48)38-29-23-19-17-21-25-31-42-52-46(50)44(34-12-8-4)36-27-14-10-6-2/h43-44,48H,5-42H2,1-4H3. The first-order valence-electron chi connectivity index (χ1n) is 23.2. The Morgan fingerprint density at radius 3 is 1.08 bits per heavy atom. The lowest BCUT2D eigenvalue weighted by molar-refractivity contribution is -0.150. The summed E-state index contributed by atoms with van der Waals surface area (Å²) in [5.41, 5.74) is 0. The Hall–Kier alpha value is -1.14. The molecule has 0 aromatic carbocycles. The van der Waals surface area contributed by atoms with Crippen LogP contribution in [0.2, 0.25) is 0 Å². The van der Waals surface area contributed by atoms with E-state index < -0.39 is 0 Å². The number of rotatable bonds is 42. The van der Waals surface area contributed by atoms with E-state index in [0.717, 1.165) is 116 Å². The number of carbonyl (C=O) groups excluding carboxylic acids is 2. The van der Waals surface area contributed by atoms with E-state index >= 15 is 0 Å². The molecule has 0 radical (unpaired) electrons. The Kier molecular flexibility index (Phi) is 40.1. The van der Waals surface area contributed by atoms with Gasteiger partial charge in [0.2, 0.25) is 0 Å². The molecule has 0 saturated carbocycles. The molecule has 0 spiro atoms. The van der Waals surface area contributed by atoms with E-state index in [9.17, 15) is 14.7 Å². The summed E-state index contributed by atoms with van der Waals surface area (Å²) in [7, 11) is 0. The Morgan fingerprint density at radius 1 is 0.404 bits per heavy atom. The van der Waals surface area contributed by atoms with E-state index in [1.165, 1.54) is 109 Å². The van der Waals surface area contributed by atoms with Crippen LogP contribution in [0.15, 0.2) is 0 Å². The van der Waals surface area contributed by atoms with Crippen LogP contribution in [0.4, 0.5) is 0 Å². The molecule has 0 aliphatic rings. The van der Waals surface area contributed by atoms with Gasteiger partial charge in [-0.2, -0.15) is 0 Å². The average molecular weight is 738 g/mol. The minimum atomic E-state index is 0.0532. The number of hydrogen-bond donors (Lipinski definition) is 1. The summed E-state index contributed by atoms with van der Waals surface area (Å²) in [6.45, 7) is 13.6. The zero-order valence-corrected chi connectivity index (χ0v) is 35.6. The predicted molar refractivity (Wildman–Crippen MR) is 223 cm³/mol. The Balaban J connectivity index is 3.89. The maximum absolute atomic E-state index is 12.6. The molecule has 310 valence electrons. The van der Waals surface area contributed by atoms with Crippen molar-refractivity contribution in [3.8, 4) is 0 Å². The van der Waals surface area contributed by atoms with Gasteiger partial charge >= 0.3 is 11.9 Å². The van der Waals surface area contributed by atoms with Crippen LogP contribution < -0.4 is 0 Å². The zero-order chi connectivity index (χ0) is 38.2. The van der Waals surface area contributed by atoms with Crippen molar-refractivity contribution in [2.24, 2.45) is 11.8 Å². The maximum atomic E-state index is 12.6. The van der Waals surface area contributed by atoms with Gasteiger partial charge in [-0.15, -0.1) is 0 Å². The topological polar surface area (TPSA) is 76.1 Å². The second-order valence-electron chi connectivity index (χ2n) is 15.9. The second kappa shape index (κ2) is 41.0. The lowest BCUT2D eigenvalue weighted by Gasteiger charge is -2.22. The van der Waals surface area contributed by atoms with Gasteiger partial charge in [0.25, 0.3) is 0 Å². The third kappa shape index (κ3) is 33.4. The number of carbonyl (C=O) groups is 2. The fourth-order valence-electron chi connectivity index (χ4n) is 7.33. The molecular formula is C46H91NO5. The number of unbranched alkanes of at least 4 members (excludes halogenated alkanes) is 21. The minimum Gasteiger partial charge on any atom is -0.465 e. The van der Waals surface area contributed by atoms with Crippen LogP contribution in [0.25, 0.3) is 0 Å². The molecule has 0 aromatic heterocycles. The van der Waals surface area contributed by atoms with E-state index in [1.54, 1.807) is 0 Å². The van der Waals surface area contributed by atoms with Crippen molar-refractivity contribution >= 4 is 11.9 Å². The van der Waals surface area contributed by atoms with E-state index in [-0.39, 0.29) is 30.4 Å². The van der Waals surface area contributed by atoms with Gasteiger partial charge < -0.3 is 19.5 Å². The number of aliphatic hydroxyl groups is 1. The zero-order valence-electron chi connectivity index (χ0n) is 35.6. The molecule has 0 saturated heterocycles. The first kappa shape index (κ1) is 50.9. The van der Waals surface area contributed by atoms with E-state index in [2.05, 4.69) is 32.6 Å². The van der Waals surface area contributed by atoms with Crippen molar-refractivity contribution in [2.45, 2.75) is 233 Å². The highest BCUT2D eigenvalue weighted by Gasteiger charge is 2.20. The van der Waals surface area contributed by atoms with Crippen LogP contribution in [0.3, 0.4) is 0 Å². The van der Waals surface area contributed by atoms with Crippen LogP contribution in [0, 0.1) is 11.8 Å². The highest BCUT2D eigenvalue weighted by molar-refractivity contribution is 5.72. The molecule has 1 N–H and O–H groups in total. The van der Waals surface area contributed by atoms with Gasteiger partial charge in [0.1, 0.15) is 0 Å². The maximum Gasteiger partial charge on any atom is 0.308 e. The van der Waals surface area contributed by atoms with Gasteiger partial charge in [-0.3, -0.25) is 9.59 Å². The van der Waals surface area contributed by atoms with Crippen molar-refractivity contribution in [3.63, 3.8) is 0 Å².